The highest BCUT2D eigenvalue weighted by Gasteiger charge is 1.97. The van der Waals surface area contributed by atoms with E-state index in [1.807, 2.05) is 30.3 Å². The number of rotatable bonds is 6. The van der Waals surface area contributed by atoms with Gasteiger partial charge in [-0.05, 0) is 42.8 Å². The number of pyridine rings is 1. The molecule has 0 amide bonds. The van der Waals surface area contributed by atoms with Gasteiger partial charge >= 0.3 is 0 Å². The standard InChI is InChI=1S/C15H19N3O/c1-2-3-10-19-14-7-4-12(5-8-14)18-13-6-9-15(16)17-11-13/h4-9,11,18H,2-3,10H2,1H3,(H2,16,17). The molecule has 0 saturated heterocycles. The van der Waals surface area contributed by atoms with E-state index in [9.17, 15) is 0 Å². The minimum Gasteiger partial charge on any atom is -0.494 e. The number of benzene rings is 1. The number of nitrogens with two attached hydrogens (primary N) is 1. The van der Waals surface area contributed by atoms with E-state index < -0.39 is 0 Å². The van der Waals surface area contributed by atoms with Gasteiger partial charge in [0.1, 0.15) is 11.6 Å². The van der Waals surface area contributed by atoms with Gasteiger partial charge in [0.05, 0.1) is 18.5 Å². The van der Waals surface area contributed by atoms with Crippen molar-refractivity contribution in [1.29, 1.82) is 0 Å². The quantitative estimate of drug-likeness (QED) is 0.776. The summed E-state index contributed by atoms with van der Waals surface area (Å²) in [6.45, 7) is 2.92. The summed E-state index contributed by atoms with van der Waals surface area (Å²) in [6, 6.07) is 11.6. The Morgan fingerprint density at radius 3 is 2.47 bits per heavy atom. The topological polar surface area (TPSA) is 60.2 Å². The molecule has 0 fully saturated rings. The lowest BCUT2D eigenvalue weighted by molar-refractivity contribution is 0.309. The second kappa shape index (κ2) is 6.64. The van der Waals surface area contributed by atoms with Crippen LogP contribution in [0.4, 0.5) is 17.2 Å². The van der Waals surface area contributed by atoms with Crippen LogP contribution in [0.15, 0.2) is 42.6 Å². The van der Waals surface area contributed by atoms with Gasteiger partial charge in [0, 0.05) is 5.69 Å². The maximum Gasteiger partial charge on any atom is 0.123 e. The molecule has 100 valence electrons. The molecule has 0 atom stereocenters. The fraction of sp³-hybridized carbons (Fsp3) is 0.267. The van der Waals surface area contributed by atoms with E-state index in [2.05, 4.69) is 17.2 Å². The number of ether oxygens (including phenoxy) is 1. The van der Waals surface area contributed by atoms with Crippen LogP contribution in [0.5, 0.6) is 5.75 Å². The maximum absolute atomic E-state index is 5.61. The van der Waals surface area contributed by atoms with Gasteiger partial charge in [-0.25, -0.2) is 4.98 Å². The first-order valence-corrected chi connectivity index (χ1v) is 6.49. The van der Waals surface area contributed by atoms with Crippen LogP contribution < -0.4 is 15.8 Å². The zero-order valence-corrected chi connectivity index (χ0v) is 11.1. The van der Waals surface area contributed by atoms with Crippen molar-refractivity contribution in [3.05, 3.63) is 42.6 Å². The summed E-state index contributed by atoms with van der Waals surface area (Å²) in [7, 11) is 0. The molecule has 1 heterocycles. The Morgan fingerprint density at radius 1 is 1.11 bits per heavy atom. The largest absolute Gasteiger partial charge is 0.494 e. The van der Waals surface area contributed by atoms with Gasteiger partial charge in [0.2, 0.25) is 0 Å². The monoisotopic (exact) mass is 257 g/mol. The van der Waals surface area contributed by atoms with Gasteiger partial charge in [-0.3, -0.25) is 0 Å². The van der Waals surface area contributed by atoms with Crippen LogP contribution in [0.25, 0.3) is 0 Å². The third-order valence-corrected chi connectivity index (χ3v) is 2.70. The molecule has 1 aromatic heterocycles. The minimum atomic E-state index is 0.519. The van der Waals surface area contributed by atoms with Crippen molar-refractivity contribution < 1.29 is 4.74 Å². The Balaban J connectivity index is 1.92. The van der Waals surface area contributed by atoms with Crippen molar-refractivity contribution in [3.8, 4) is 5.75 Å². The molecule has 2 rings (SSSR count). The van der Waals surface area contributed by atoms with Crippen LogP contribution in [0.1, 0.15) is 19.8 Å². The Morgan fingerprint density at radius 2 is 1.84 bits per heavy atom. The predicted molar refractivity (Wildman–Crippen MR) is 78.8 cm³/mol. The average molecular weight is 257 g/mol. The van der Waals surface area contributed by atoms with Crippen molar-refractivity contribution in [2.75, 3.05) is 17.7 Å². The molecule has 0 aliphatic rings. The molecule has 4 nitrogen and oxygen atoms in total. The molecule has 0 unspecified atom stereocenters. The SMILES string of the molecule is CCCCOc1ccc(Nc2ccc(N)nc2)cc1. The van der Waals surface area contributed by atoms with E-state index in [0.717, 1.165) is 36.6 Å². The highest BCUT2D eigenvalue weighted by Crippen LogP contribution is 2.20. The van der Waals surface area contributed by atoms with Gasteiger partial charge in [-0.2, -0.15) is 0 Å². The fourth-order valence-corrected chi connectivity index (χ4v) is 1.61. The van der Waals surface area contributed by atoms with Crippen molar-refractivity contribution in [2.24, 2.45) is 0 Å². The third-order valence-electron chi connectivity index (χ3n) is 2.70. The first-order chi connectivity index (χ1) is 9.28. The fourth-order valence-electron chi connectivity index (χ4n) is 1.61. The van der Waals surface area contributed by atoms with E-state index in [1.165, 1.54) is 0 Å². The van der Waals surface area contributed by atoms with Gasteiger partial charge in [0.25, 0.3) is 0 Å². The summed E-state index contributed by atoms with van der Waals surface area (Å²) >= 11 is 0. The summed E-state index contributed by atoms with van der Waals surface area (Å²) in [5.74, 6) is 1.42. The van der Waals surface area contributed by atoms with E-state index in [1.54, 1.807) is 12.3 Å². The summed E-state index contributed by atoms with van der Waals surface area (Å²) < 4.78 is 5.61. The van der Waals surface area contributed by atoms with Crippen LogP contribution in [0.3, 0.4) is 0 Å². The lowest BCUT2D eigenvalue weighted by Gasteiger charge is -2.08. The molecule has 0 spiro atoms. The molecule has 0 aliphatic carbocycles. The second-order valence-corrected chi connectivity index (χ2v) is 4.32. The number of hydrogen-bond acceptors (Lipinski definition) is 4. The van der Waals surface area contributed by atoms with Crippen LogP contribution >= 0.6 is 0 Å². The van der Waals surface area contributed by atoms with Crippen LogP contribution in [0, 0.1) is 0 Å². The molecule has 19 heavy (non-hydrogen) atoms. The number of hydrogen-bond donors (Lipinski definition) is 2. The highest BCUT2D eigenvalue weighted by atomic mass is 16.5. The van der Waals surface area contributed by atoms with Crippen molar-refractivity contribution in [2.45, 2.75) is 19.8 Å². The van der Waals surface area contributed by atoms with Crippen LogP contribution in [0.2, 0.25) is 0 Å². The number of anilines is 3. The zero-order valence-electron chi connectivity index (χ0n) is 11.1. The van der Waals surface area contributed by atoms with Crippen LogP contribution in [-0.4, -0.2) is 11.6 Å². The van der Waals surface area contributed by atoms with Crippen molar-refractivity contribution in [3.63, 3.8) is 0 Å². The highest BCUT2D eigenvalue weighted by molar-refractivity contribution is 5.60. The Kier molecular flexibility index (Phi) is 4.61. The normalized spacial score (nSPS) is 10.2. The second-order valence-electron chi connectivity index (χ2n) is 4.32. The lowest BCUT2D eigenvalue weighted by Crippen LogP contribution is -1.97. The Labute approximate surface area is 113 Å². The minimum absolute atomic E-state index is 0.519. The summed E-state index contributed by atoms with van der Waals surface area (Å²) in [5.41, 5.74) is 7.45. The molecule has 4 heteroatoms. The van der Waals surface area contributed by atoms with E-state index in [4.69, 9.17) is 10.5 Å². The molecule has 0 aliphatic heterocycles. The lowest BCUT2D eigenvalue weighted by atomic mass is 10.3. The number of nitrogen functional groups attached to an aromatic ring is 1. The summed E-state index contributed by atoms with van der Waals surface area (Å²) in [6.07, 6.45) is 3.93. The maximum atomic E-state index is 5.61. The molecule has 0 radical (unpaired) electrons. The van der Waals surface area contributed by atoms with Crippen molar-refractivity contribution >= 4 is 17.2 Å². The first kappa shape index (κ1) is 13.2. The van der Waals surface area contributed by atoms with Crippen molar-refractivity contribution in [1.82, 2.24) is 4.98 Å². The zero-order chi connectivity index (χ0) is 13.5. The smallest absolute Gasteiger partial charge is 0.123 e. The molecule has 3 N–H and O–H groups in total. The van der Waals surface area contributed by atoms with Gasteiger partial charge in [-0.1, -0.05) is 13.3 Å². The van der Waals surface area contributed by atoms with Gasteiger partial charge in [-0.15, -0.1) is 0 Å². The van der Waals surface area contributed by atoms with Crippen LogP contribution in [-0.2, 0) is 0 Å². The molecule has 0 bridgehead atoms. The number of unbranched alkanes of at least 4 members (excludes halogenated alkanes) is 1. The van der Waals surface area contributed by atoms with Gasteiger partial charge < -0.3 is 15.8 Å². The summed E-state index contributed by atoms with van der Waals surface area (Å²) in [4.78, 5) is 4.03. The third kappa shape index (κ3) is 4.17. The number of nitrogens with zero attached hydrogens (tertiary/aromatic N) is 1. The van der Waals surface area contributed by atoms with E-state index in [0.29, 0.717) is 5.82 Å². The average Bonchev–Trinajstić information content (AvgIpc) is 2.44. The molecule has 0 saturated carbocycles. The molecule has 2 aromatic rings. The first-order valence-electron chi connectivity index (χ1n) is 6.49. The molecule has 1 aromatic carbocycles. The van der Waals surface area contributed by atoms with E-state index >= 15 is 0 Å². The molecular formula is C15H19N3O. The number of nitrogens with one attached hydrogen (secondary N) is 1. The van der Waals surface area contributed by atoms with E-state index in [-0.39, 0.29) is 0 Å². The predicted octanol–water partition coefficient (Wildman–Crippen LogP) is 3.59. The summed E-state index contributed by atoms with van der Waals surface area (Å²) in [5, 5.41) is 3.25. The Bertz CT molecular complexity index is 494. The molecular weight excluding hydrogens is 238 g/mol. The Hall–Kier alpha value is -2.23. The number of aromatic nitrogens is 1. The van der Waals surface area contributed by atoms with Gasteiger partial charge in [0.15, 0.2) is 0 Å².